The van der Waals surface area contributed by atoms with Gasteiger partial charge < -0.3 is 5.32 Å². The van der Waals surface area contributed by atoms with E-state index in [-0.39, 0.29) is 0 Å². The first kappa shape index (κ1) is 15.4. The number of thioether (sulfide) groups is 1. The highest BCUT2D eigenvalue weighted by atomic mass is 32.2. The fourth-order valence-electron chi connectivity index (χ4n) is 3.61. The van der Waals surface area contributed by atoms with E-state index in [1.165, 1.54) is 43.0 Å². The maximum Gasteiger partial charge on any atom is 0.0473 e. The maximum atomic E-state index is 3.88. The second-order valence-corrected chi connectivity index (χ2v) is 8.06. The standard InChI is InChI=1S/C18H28N2S/c1-3-21-12-11-20-14-18(2,16-9-10-16)19-13-17(20)15-7-5-4-6-8-15/h4-8,16-17,19H,3,9-14H2,1-2H3. The van der Waals surface area contributed by atoms with Gasteiger partial charge in [-0.3, -0.25) is 4.90 Å². The first-order valence-electron chi connectivity index (χ1n) is 8.34. The summed E-state index contributed by atoms with van der Waals surface area (Å²) in [6.07, 6.45) is 2.83. The highest BCUT2D eigenvalue weighted by Crippen LogP contribution is 2.42. The van der Waals surface area contributed by atoms with E-state index >= 15 is 0 Å². The summed E-state index contributed by atoms with van der Waals surface area (Å²) >= 11 is 2.06. The van der Waals surface area contributed by atoms with Crippen molar-refractivity contribution < 1.29 is 0 Å². The van der Waals surface area contributed by atoms with Gasteiger partial charge in [0, 0.05) is 37.0 Å². The molecule has 0 radical (unpaired) electrons. The van der Waals surface area contributed by atoms with Gasteiger partial charge in [-0.15, -0.1) is 0 Å². The lowest BCUT2D eigenvalue weighted by Crippen LogP contribution is -2.61. The Bertz CT molecular complexity index is 446. The average molecular weight is 305 g/mol. The molecule has 3 rings (SSSR count). The molecular weight excluding hydrogens is 276 g/mol. The molecule has 1 heterocycles. The molecule has 3 heteroatoms. The zero-order chi connectivity index (χ0) is 14.7. The lowest BCUT2D eigenvalue weighted by atomic mass is 9.89. The van der Waals surface area contributed by atoms with Crippen LogP contribution in [0.1, 0.15) is 38.3 Å². The molecule has 1 saturated carbocycles. The van der Waals surface area contributed by atoms with Crippen molar-refractivity contribution in [2.45, 2.75) is 38.3 Å². The second kappa shape index (κ2) is 6.72. The molecule has 1 N–H and O–H groups in total. The lowest BCUT2D eigenvalue weighted by Gasteiger charge is -2.47. The van der Waals surface area contributed by atoms with Gasteiger partial charge in [0.15, 0.2) is 0 Å². The molecule has 2 aliphatic rings. The monoisotopic (exact) mass is 304 g/mol. The van der Waals surface area contributed by atoms with E-state index in [0.29, 0.717) is 11.6 Å². The Morgan fingerprint density at radius 1 is 1.29 bits per heavy atom. The summed E-state index contributed by atoms with van der Waals surface area (Å²) < 4.78 is 0. The predicted octanol–water partition coefficient (Wildman–Crippen LogP) is 3.55. The third-order valence-electron chi connectivity index (χ3n) is 5.06. The maximum absolute atomic E-state index is 3.88. The van der Waals surface area contributed by atoms with Crippen molar-refractivity contribution in [2.75, 3.05) is 31.1 Å². The summed E-state index contributed by atoms with van der Waals surface area (Å²) in [5, 5.41) is 3.88. The lowest BCUT2D eigenvalue weighted by molar-refractivity contribution is 0.0806. The number of rotatable bonds is 6. The van der Waals surface area contributed by atoms with Gasteiger partial charge in [0.05, 0.1) is 0 Å². The summed E-state index contributed by atoms with van der Waals surface area (Å²) in [5.74, 6) is 3.37. The minimum Gasteiger partial charge on any atom is -0.308 e. The smallest absolute Gasteiger partial charge is 0.0473 e. The van der Waals surface area contributed by atoms with Gasteiger partial charge in [0.25, 0.3) is 0 Å². The van der Waals surface area contributed by atoms with Crippen molar-refractivity contribution in [3.05, 3.63) is 35.9 Å². The number of hydrogen-bond acceptors (Lipinski definition) is 3. The number of piperazine rings is 1. The Labute approximate surface area is 133 Å². The van der Waals surface area contributed by atoms with E-state index in [1.54, 1.807) is 0 Å². The molecule has 2 nitrogen and oxygen atoms in total. The first-order valence-corrected chi connectivity index (χ1v) is 9.50. The fourth-order valence-corrected chi connectivity index (χ4v) is 4.26. The Morgan fingerprint density at radius 2 is 2.05 bits per heavy atom. The SMILES string of the molecule is CCSCCN1CC(C)(C2CC2)NCC1c1ccccc1. The highest BCUT2D eigenvalue weighted by molar-refractivity contribution is 7.99. The Balaban J connectivity index is 1.72. The van der Waals surface area contributed by atoms with Crippen molar-refractivity contribution in [2.24, 2.45) is 5.92 Å². The van der Waals surface area contributed by atoms with Crippen LogP contribution in [0, 0.1) is 5.92 Å². The van der Waals surface area contributed by atoms with Crippen LogP contribution < -0.4 is 5.32 Å². The van der Waals surface area contributed by atoms with Gasteiger partial charge in [-0.2, -0.15) is 11.8 Å². The first-order chi connectivity index (χ1) is 10.2. The molecule has 2 unspecified atom stereocenters. The molecule has 0 amide bonds. The summed E-state index contributed by atoms with van der Waals surface area (Å²) in [5.41, 5.74) is 1.80. The molecular formula is C18H28N2S. The van der Waals surface area contributed by atoms with Crippen LogP contribution in [0.3, 0.4) is 0 Å². The summed E-state index contributed by atoms with van der Waals surface area (Å²) in [4.78, 5) is 2.73. The van der Waals surface area contributed by atoms with Crippen LogP contribution in [0.25, 0.3) is 0 Å². The Hall–Kier alpha value is -0.510. The molecule has 1 aromatic rings. The molecule has 116 valence electrons. The van der Waals surface area contributed by atoms with Crippen molar-refractivity contribution in [3.63, 3.8) is 0 Å². The molecule has 2 fully saturated rings. The van der Waals surface area contributed by atoms with Crippen LogP contribution in [0.15, 0.2) is 30.3 Å². The van der Waals surface area contributed by atoms with E-state index < -0.39 is 0 Å². The molecule has 2 atom stereocenters. The largest absolute Gasteiger partial charge is 0.308 e. The van der Waals surface area contributed by atoms with Crippen LogP contribution in [0.4, 0.5) is 0 Å². The second-order valence-electron chi connectivity index (χ2n) is 6.67. The Kier molecular flexibility index (Phi) is 4.92. The van der Waals surface area contributed by atoms with E-state index in [0.717, 1.165) is 12.5 Å². The van der Waals surface area contributed by atoms with E-state index in [9.17, 15) is 0 Å². The molecule has 0 aromatic heterocycles. The zero-order valence-electron chi connectivity index (χ0n) is 13.3. The molecule has 0 spiro atoms. The van der Waals surface area contributed by atoms with Crippen molar-refractivity contribution in [1.82, 2.24) is 10.2 Å². The molecule has 1 aliphatic carbocycles. The minimum absolute atomic E-state index is 0.335. The number of benzene rings is 1. The van der Waals surface area contributed by atoms with Gasteiger partial charge in [-0.1, -0.05) is 37.3 Å². The normalized spacial score (nSPS) is 30.5. The Morgan fingerprint density at radius 3 is 2.71 bits per heavy atom. The third kappa shape index (κ3) is 3.64. The molecule has 21 heavy (non-hydrogen) atoms. The number of hydrogen-bond donors (Lipinski definition) is 1. The van der Waals surface area contributed by atoms with Gasteiger partial charge in [-0.25, -0.2) is 0 Å². The number of nitrogens with zero attached hydrogens (tertiary/aromatic N) is 1. The van der Waals surface area contributed by atoms with Crippen LogP contribution >= 0.6 is 11.8 Å². The molecule has 1 saturated heterocycles. The van der Waals surface area contributed by atoms with E-state index in [4.69, 9.17) is 0 Å². The number of nitrogens with one attached hydrogen (secondary N) is 1. The third-order valence-corrected chi connectivity index (χ3v) is 5.94. The van der Waals surface area contributed by atoms with Gasteiger partial charge in [0.1, 0.15) is 0 Å². The summed E-state index contributed by atoms with van der Waals surface area (Å²) in [6.45, 7) is 8.19. The van der Waals surface area contributed by atoms with Crippen molar-refractivity contribution in [3.8, 4) is 0 Å². The quantitative estimate of drug-likeness (QED) is 0.809. The highest BCUT2D eigenvalue weighted by Gasteiger charge is 2.46. The molecule has 1 aromatic carbocycles. The van der Waals surface area contributed by atoms with Crippen LogP contribution in [0.5, 0.6) is 0 Å². The van der Waals surface area contributed by atoms with Crippen LogP contribution in [0.2, 0.25) is 0 Å². The molecule has 0 bridgehead atoms. The van der Waals surface area contributed by atoms with Gasteiger partial charge in [-0.05, 0) is 37.0 Å². The van der Waals surface area contributed by atoms with E-state index in [2.05, 4.69) is 66.2 Å². The predicted molar refractivity (Wildman–Crippen MR) is 92.9 cm³/mol. The molecule has 1 aliphatic heterocycles. The van der Waals surface area contributed by atoms with Gasteiger partial charge in [0.2, 0.25) is 0 Å². The topological polar surface area (TPSA) is 15.3 Å². The summed E-state index contributed by atoms with van der Waals surface area (Å²) in [6, 6.07) is 11.6. The van der Waals surface area contributed by atoms with Gasteiger partial charge >= 0.3 is 0 Å². The van der Waals surface area contributed by atoms with Crippen molar-refractivity contribution in [1.29, 1.82) is 0 Å². The van der Waals surface area contributed by atoms with E-state index in [1.807, 2.05) is 0 Å². The van der Waals surface area contributed by atoms with Crippen molar-refractivity contribution >= 4 is 11.8 Å². The summed E-state index contributed by atoms with van der Waals surface area (Å²) in [7, 11) is 0. The fraction of sp³-hybridized carbons (Fsp3) is 0.667. The average Bonchev–Trinajstić information content (AvgIpc) is 3.34. The zero-order valence-corrected chi connectivity index (χ0v) is 14.2. The van der Waals surface area contributed by atoms with Crippen LogP contribution in [-0.4, -0.2) is 41.6 Å². The minimum atomic E-state index is 0.335. The van der Waals surface area contributed by atoms with Crippen LogP contribution in [-0.2, 0) is 0 Å².